The maximum Gasteiger partial charge on any atom is 0 e. The summed E-state index contributed by atoms with van der Waals surface area (Å²) >= 11 is 0. The minimum Gasteiger partial charge on any atom is -0.412 e. The van der Waals surface area contributed by atoms with Gasteiger partial charge in [0.05, 0.1) is 0 Å². The second-order valence-electron chi connectivity index (χ2n) is 0. The second-order valence-corrected chi connectivity index (χ2v) is 0. The van der Waals surface area contributed by atoms with Crippen LogP contribution in [0.3, 0.4) is 0 Å². The van der Waals surface area contributed by atoms with Gasteiger partial charge in [0.2, 0.25) is 0 Å². The van der Waals surface area contributed by atoms with Gasteiger partial charge in [-0.15, -0.1) is 37.2 Å². The second kappa shape index (κ2) is 196. The summed E-state index contributed by atoms with van der Waals surface area (Å²) in [5, 5.41) is 0. The molecule has 0 aliphatic carbocycles. The normalized spacial score (nSPS) is 0. The zero-order valence-corrected chi connectivity index (χ0v) is 9.81. The molecular weight excluding hydrogens is 326 g/mol. The van der Waals surface area contributed by atoms with Crippen molar-refractivity contribution >= 4 is 37.2 Å². The zero-order valence-electron chi connectivity index (χ0n) is 4.22. The zero-order chi connectivity index (χ0) is 0. The Labute approximate surface area is 105 Å². The van der Waals surface area contributed by atoms with E-state index >= 15 is 0 Å². The SMILES string of the molecule is Cl.Cl.Cl.O.O.O.O.O.[Ce]. The molecule has 0 aromatic rings. The van der Waals surface area contributed by atoms with Gasteiger partial charge in [0, 0.05) is 41.7 Å². The molecule has 0 atom stereocenters. The van der Waals surface area contributed by atoms with Crippen LogP contribution >= 0.6 is 37.2 Å². The van der Waals surface area contributed by atoms with E-state index in [9.17, 15) is 0 Å². The molecule has 68 valence electrons. The predicted octanol–water partition coefficient (Wildman–Crippen LogP) is -2.86. The molecule has 0 rings (SSSR count). The van der Waals surface area contributed by atoms with Gasteiger partial charge in [0.1, 0.15) is 0 Å². The molecule has 0 amide bonds. The van der Waals surface area contributed by atoms with Crippen LogP contribution in [0.2, 0.25) is 0 Å². The molecule has 0 radical (unpaired) electrons. The van der Waals surface area contributed by atoms with Crippen molar-refractivity contribution in [3.05, 3.63) is 0 Å². The van der Waals surface area contributed by atoms with Crippen LogP contribution in [0.25, 0.3) is 0 Å². The molecule has 9 heavy (non-hydrogen) atoms. The van der Waals surface area contributed by atoms with Gasteiger partial charge in [-0.05, 0) is 0 Å². The Bertz CT molecular complexity index is 12.2. The van der Waals surface area contributed by atoms with Crippen molar-refractivity contribution in [3.8, 4) is 0 Å². The molecule has 5 nitrogen and oxygen atoms in total. The van der Waals surface area contributed by atoms with Crippen LogP contribution in [-0.4, -0.2) is 27.4 Å². The third kappa shape index (κ3) is 155. The van der Waals surface area contributed by atoms with E-state index in [0.717, 1.165) is 0 Å². The van der Waals surface area contributed by atoms with Crippen LogP contribution in [0.1, 0.15) is 0 Å². The van der Waals surface area contributed by atoms with Gasteiger partial charge in [0.15, 0.2) is 0 Å². The summed E-state index contributed by atoms with van der Waals surface area (Å²) in [6.07, 6.45) is 0. The first-order valence-electron chi connectivity index (χ1n) is 0. The molecule has 0 saturated carbocycles. The van der Waals surface area contributed by atoms with E-state index in [1.807, 2.05) is 0 Å². The van der Waals surface area contributed by atoms with Gasteiger partial charge in [-0.2, -0.15) is 0 Å². The molecular formula is H13CeCl3O5. The van der Waals surface area contributed by atoms with Crippen LogP contribution < -0.4 is 0 Å². The first-order chi connectivity index (χ1) is 0. The monoisotopic (exact) mass is 338 g/mol. The number of hydrogen-bond donors (Lipinski definition) is 0. The van der Waals surface area contributed by atoms with Crippen molar-refractivity contribution in [2.75, 3.05) is 0 Å². The van der Waals surface area contributed by atoms with Crippen molar-refractivity contribution in [2.24, 2.45) is 0 Å². The fourth-order valence-electron chi connectivity index (χ4n) is 0. The van der Waals surface area contributed by atoms with Gasteiger partial charge < -0.3 is 27.4 Å². The Kier molecular flexibility index (Phi) is 5810. The fourth-order valence-corrected chi connectivity index (χ4v) is 0. The van der Waals surface area contributed by atoms with Crippen LogP contribution in [0, 0.1) is 41.7 Å². The van der Waals surface area contributed by atoms with Crippen LogP contribution in [0.15, 0.2) is 0 Å². The Balaban J connectivity index is 0. The van der Waals surface area contributed by atoms with Crippen LogP contribution in [0.5, 0.6) is 0 Å². The van der Waals surface area contributed by atoms with Crippen LogP contribution in [0.4, 0.5) is 0 Å². The number of rotatable bonds is 0. The molecule has 0 bridgehead atoms. The number of hydrogen-bond acceptors (Lipinski definition) is 0. The van der Waals surface area contributed by atoms with E-state index in [1.165, 1.54) is 0 Å². The minimum absolute atomic E-state index is 0. The Morgan fingerprint density at radius 2 is 0.333 bits per heavy atom. The first kappa shape index (κ1) is 266. The van der Waals surface area contributed by atoms with Crippen molar-refractivity contribution in [3.63, 3.8) is 0 Å². The molecule has 0 aromatic carbocycles. The fraction of sp³-hybridized carbons (Fsp3) is 0. The van der Waals surface area contributed by atoms with Crippen molar-refractivity contribution in [2.45, 2.75) is 0 Å². The van der Waals surface area contributed by atoms with Gasteiger partial charge in [-0.1, -0.05) is 0 Å². The molecule has 0 aromatic heterocycles. The molecule has 0 heterocycles. The van der Waals surface area contributed by atoms with Crippen LogP contribution in [-0.2, 0) is 0 Å². The van der Waals surface area contributed by atoms with E-state index in [-0.39, 0.29) is 106 Å². The van der Waals surface area contributed by atoms with E-state index in [2.05, 4.69) is 0 Å². The summed E-state index contributed by atoms with van der Waals surface area (Å²) in [6, 6.07) is 0. The Morgan fingerprint density at radius 1 is 0.333 bits per heavy atom. The van der Waals surface area contributed by atoms with Crippen molar-refractivity contribution in [1.82, 2.24) is 0 Å². The third-order valence-electron chi connectivity index (χ3n) is 0. The summed E-state index contributed by atoms with van der Waals surface area (Å²) in [5.74, 6) is 0. The molecule has 0 fully saturated rings. The molecule has 0 unspecified atom stereocenters. The van der Waals surface area contributed by atoms with Gasteiger partial charge >= 0.3 is 0 Å². The molecule has 0 saturated heterocycles. The largest absolute Gasteiger partial charge is 0.412 e. The molecule has 10 N–H and O–H groups in total. The van der Waals surface area contributed by atoms with E-state index in [4.69, 9.17) is 0 Å². The Morgan fingerprint density at radius 3 is 0.333 bits per heavy atom. The van der Waals surface area contributed by atoms with Gasteiger partial charge in [-0.3, -0.25) is 0 Å². The molecule has 0 spiro atoms. The Hall–Kier alpha value is 2.05. The first-order valence-corrected chi connectivity index (χ1v) is 0. The topological polar surface area (TPSA) is 158 Å². The average molecular weight is 340 g/mol. The van der Waals surface area contributed by atoms with Gasteiger partial charge in [0.25, 0.3) is 0 Å². The summed E-state index contributed by atoms with van der Waals surface area (Å²) < 4.78 is 0. The molecule has 9 heteroatoms. The van der Waals surface area contributed by atoms with E-state index in [0.29, 0.717) is 0 Å². The quantitative estimate of drug-likeness (QED) is 0.445. The third-order valence-corrected chi connectivity index (χ3v) is 0. The number of halogens is 3. The summed E-state index contributed by atoms with van der Waals surface area (Å²) in [4.78, 5) is 0. The summed E-state index contributed by atoms with van der Waals surface area (Å²) in [5.41, 5.74) is 0. The maximum absolute atomic E-state index is 0. The van der Waals surface area contributed by atoms with Crippen molar-refractivity contribution in [1.29, 1.82) is 0 Å². The minimum atomic E-state index is 0. The smallest absolute Gasteiger partial charge is 0 e. The van der Waals surface area contributed by atoms with Gasteiger partial charge in [-0.25, -0.2) is 0 Å². The van der Waals surface area contributed by atoms with E-state index < -0.39 is 0 Å². The summed E-state index contributed by atoms with van der Waals surface area (Å²) in [6.45, 7) is 0. The van der Waals surface area contributed by atoms with Crippen molar-refractivity contribution < 1.29 is 69.1 Å². The standard InChI is InChI=1S/Ce.3ClH.5H2O/h;3*1H;5*1H2. The predicted molar refractivity (Wildman–Crippen MR) is 39.8 cm³/mol. The molecule has 0 aliphatic heterocycles. The average Bonchev–Trinajstić information content (AvgIpc) is 0. The maximum atomic E-state index is 0. The van der Waals surface area contributed by atoms with E-state index in [1.54, 1.807) is 0 Å². The summed E-state index contributed by atoms with van der Waals surface area (Å²) in [7, 11) is 0. The molecule has 0 aliphatic rings.